The summed E-state index contributed by atoms with van der Waals surface area (Å²) < 4.78 is 5.87. The summed E-state index contributed by atoms with van der Waals surface area (Å²) in [6.07, 6.45) is 2.28. The molecule has 18 heavy (non-hydrogen) atoms. The first-order valence-corrected chi connectivity index (χ1v) is 7.10. The van der Waals surface area contributed by atoms with E-state index in [2.05, 4.69) is 51.2 Å². The van der Waals surface area contributed by atoms with Crippen molar-refractivity contribution in [2.45, 2.75) is 46.6 Å². The second-order valence-corrected chi connectivity index (χ2v) is 5.26. The van der Waals surface area contributed by atoms with Gasteiger partial charge in [-0.3, -0.25) is 0 Å². The Morgan fingerprint density at radius 1 is 1.17 bits per heavy atom. The molecule has 0 fully saturated rings. The number of para-hydroxylation sites is 1. The topological polar surface area (TPSA) is 21.3 Å². The van der Waals surface area contributed by atoms with Crippen LogP contribution < -0.4 is 10.1 Å². The maximum absolute atomic E-state index is 5.87. The molecule has 0 saturated heterocycles. The van der Waals surface area contributed by atoms with E-state index in [-0.39, 0.29) is 0 Å². The molecule has 1 aromatic rings. The zero-order chi connectivity index (χ0) is 13.4. The van der Waals surface area contributed by atoms with Crippen molar-refractivity contribution in [3.63, 3.8) is 0 Å². The van der Waals surface area contributed by atoms with E-state index in [1.807, 2.05) is 6.07 Å². The summed E-state index contributed by atoms with van der Waals surface area (Å²) in [5, 5.41) is 3.55. The fourth-order valence-corrected chi connectivity index (χ4v) is 1.82. The molecule has 1 atom stereocenters. The normalized spacial score (nSPS) is 12.7. The lowest BCUT2D eigenvalue weighted by atomic mass is 10.1. The molecule has 0 spiro atoms. The van der Waals surface area contributed by atoms with Crippen LogP contribution >= 0.6 is 0 Å². The number of hydrogen-bond acceptors (Lipinski definition) is 2. The molecule has 102 valence electrons. The SMILES string of the molecule is CCCCOc1ccccc1[C@H](C)NCC(C)C. The van der Waals surface area contributed by atoms with E-state index >= 15 is 0 Å². The van der Waals surface area contributed by atoms with Crippen molar-refractivity contribution in [3.05, 3.63) is 29.8 Å². The number of nitrogens with one attached hydrogen (secondary N) is 1. The van der Waals surface area contributed by atoms with Crippen molar-refractivity contribution in [2.24, 2.45) is 5.92 Å². The van der Waals surface area contributed by atoms with Crippen LogP contribution in [0.4, 0.5) is 0 Å². The van der Waals surface area contributed by atoms with Gasteiger partial charge in [0, 0.05) is 11.6 Å². The average Bonchev–Trinajstić information content (AvgIpc) is 2.37. The van der Waals surface area contributed by atoms with Gasteiger partial charge in [0.25, 0.3) is 0 Å². The van der Waals surface area contributed by atoms with E-state index in [0.29, 0.717) is 12.0 Å². The molecule has 1 rings (SSSR count). The summed E-state index contributed by atoms with van der Waals surface area (Å²) >= 11 is 0. The Kier molecular flexibility index (Phi) is 6.81. The molecule has 2 nitrogen and oxygen atoms in total. The van der Waals surface area contributed by atoms with Crippen LogP contribution in [0.25, 0.3) is 0 Å². The number of ether oxygens (including phenoxy) is 1. The van der Waals surface area contributed by atoms with Crippen LogP contribution in [0, 0.1) is 5.92 Å². The van der Waals surface area contributed by atoms with Gasteiger partial charge in [-0.2, -0.15) is 0 Å². The molecule has 1 aromatic carbocycles. The first-order chi connectivity index (χ1) is 8.65. The van der Waals surface area contributed by atoms with Crippen molar-refractivity contribution in [1.82, 2.24) is 5.32 Å². The minimum Gasteiger partial charge on any atom is -0.493 e. The van der Waals surface area contributed by atoms with Gasteiger partial charge in [-0.1, -0.05) is 45.4 Å². The second kappa shape index (κ2) is 8.15. The van der Waals surface area contributed by atoms with Crippen LogP contribution in [-0.4, -0.2) is 13.2 Å². The second-order valence-electron chi connectivity index (χ2n) is 5.26. The van der Waals surface area contributed by atoms with E-state index in [0.717, 1.165) is 25.3 Å². The van der Waals surface area contributed by atoms with Gasteiger partial charge < -0.3 is 10.1 Å². The standard InChI is InChI=1S/C16H27NO/c1-5-6-11-18-16-10-8-7-9-15(16)14(4)17-12-13(2)3/h7-10,13-14,17H,5-6,11-12H2,1-4H3/t14-/m0/s1. The Morgan fingerprint density at radius 2 is 1.89 bits per heavy atom. The maximum atomic E-state index is 5.87. The highest BCUT2D eigenvalue weighted by Gasteiger charge is 2.10. The van der Waals surface area contributed by atoms with Crippen LogP contribution in [0.3, 0.4) is 0 Å². The molecule has 2 heteroatoms. The zero-order valence-corrected chi connectivity index (χ0v) is 12.2. The molecule has 0 aliphatic rings. The van der Waals surface area contributed by atoms with Crippen molar-refractivity contribution in [1.29, 1.82) is 0 Å². The highest BCUT2D eigenvalue weighted by molar-refractivity contribution is 5.35. The highest BCUT2D eigenvalue weighted by Crippen LogP contribution is 2.25. The molecular formula is C16H27NO. The Bertz CT molecular complexity index is 336. The summed E-state index contributed by atoms with van der Waals surface area (Å²) in [6, 6.07) is 8.68. The van der Waals surface area contributed by atoms with E-state index in [1.165, 1.54) is 12.0 Å². The van der Waals surface area contributed by atoms with Crippen LogP contribution in [0.2, 0.25) is 0 Å². The van der Waals surface area contributed by atoms with Gasteiger partial charge in [-0.05, 0) is 31.9 Å². The highest BCUT2D eigenvalue weighted by atomic mass is 16.5. The summed E-state index contributed by atoms with van der Waals surface area (Å²) in [6.45, 7) is 10.7. The summed E-state index contributed by atoms with van der Waals surface area (Å²) in [5.41, 5.74) is 1.26. The van der Waals surface area contributed by atoms with Gasteiger partial charge in [0.05, 0.1) is 6.61 Å². The molecule has 0 aliphatic carbocycles. The molecule has 0 aromatic heterocycles. The predicted molar refractivity (Wildman–Crippen MR) is 78.1 cm³/mol. The van der Waals surface area contributed by atoms with E-state index < -0.39 is 0 Å². The Labute approximate surface area is 112 Å². The maximum Gasteiger partial charge on any atom is 0.124 e. The molecular weight excluding hydrogens is 222 g/mol. The molecule has 0 heterocycles. The molecule has 0 radical (unpaired) electrons. The molecule has 0 amide bonds. The van der Waals surface area contributed by atoms with Gasteiger partial charge in [-0.15, -0.1) is 0 Å². The molecule has 0 aliphatic heterocycles. The van der Waals surface area contributed by atoms with Gasteiger partial charge in [0.1, 0.15) is 5.75 Å². The fourth-order valence-electron chi connectivity index (χ4n) is 1.82. The number of rotatable bonds is 8. The van der Waals surface area contributed by atoms with E-state index in [1.54, 1.807) is 0 Å². The van der Waals surface area contributed by atoms with Crippen LogP contribution in [0.15, 0.2) is 24.3 Å². The summed E-state index contributed by atoms with van der Waals surface area (Å²) in [5.74, 6) is 1.69. The summed E-state index contributed by atoms with van der Waals surface area (Å²) in [4.78, 5) is 0. The van der Waals surface area contributed by atoms with Gasteiger partial charge in [-0.25, -0.2) is 0 Å². The van der Waals surface area contributed by atoms with Crippen LogP contribution in [0.5, 0.6) is 5.75 Å². The number of hydrogen-bond donors (Lipinski definition) is 1. The van der Waals surface area contributed by atoms with Crippen molar-refractivity contribution >= 4 is 0 Å². The average molecular weight is 249 g/mol. The lowest BCUT2D eigenvalue weighted by molar-refractivity contribution is 0.302. The van der Waals surface area contributed by atoms with E-state index in [9.17, 15) is 0 Å². The lowest BCUT2D eigenvalue weighted by Crippen LogP contribution is -2.23. The van der Waals surface area contributed by atoms with Crippen LogP contribution in [-0.2, 0) is 0 Å². The van der Waals surface area contributed by atoms with Crippen molar-refractivity contribution in [2.75, 3.05) is 13.2 Å². The largest absolute Gasteiger partial charge is 0.493 e. The first kappa shape index (κ1) is 15.0. The number of benzene rings is 1. The Hall–Kier alpha value is -1.02. The van der Waals surface area contributed by atoms with E-state index in [4.69, 9.17) is 4.74 Å². The predicted octanol–water partition coefficient (Wildman–Crippen LogP) is 4.17. The van der Waals surface area contributed by atoms with Crippen LogP contribution in [0.1, 0.15) is 52.1 Å². The fraction of sp³-hybridized carbons (Fsp3) is 0.625. The smallest absolute Gasteiger partial charge is 0.124 e. The molecule has 1 N–H and O–H groups in total. The van der Waals surface area contributed by atoms with Crippen molar-refractivity contribution in [3.8, 4) is 5.75 Å². The monoisotopic (exact) mass is 249 g/mol. The molecule has 0 saturated carbocycles. The number of unbranched alkanes of at least 4 members (excludes halogenated alkanes) is 1. The minimum absolute atomic E-state index is 0.338. The zero-order valence-electron chi connectivity index (χ0n) is 12.2. The van der Waals surface area contributed by atoms with Gasteiger partial charge in [0.15, 0.2) is 0 Å². The molecule has 0 bridgehead atoms. The summed E-state index contributed by atoms with van der Waals surface area (Å²) in [7, 11) is 0. The Balaban J connectivity index is 2.62. The third-order valence-electron chi connectivity index (χ3n) is 2.97. The van der Waals surface area contributed by atoms with Crippen molar-refractivity contribution < 1.29 is 4.74 Å². The minimum atomic E-state index is 0.338. The quantitative estimate of drug-likeness (QED) is 0.698. The van der Waals surface area contributed by atoms with Gasteiger partial charge in [0.2, 0.25) is 0 Å². The lowest BCUT2D eigenvalue weighted by Gasteiger charge is -2.19. The molecule has 0 unspecified atom stereocenters. The van der Waals surface area contributed by atoms with Gasteiger partial charge >= 0.3 is 0 Å². The third kappa shape index (κ3) is 5.09. The Morgan fingerprint density at radius 3 is 2.56 bits per heavy atom. The first-order valence-electron chi connectivity index (χ1n) is 7.10. The third-order valence-corrected chi connectivity index (χ3v) is 2.97.